The van der Waals surface area contributed by atoms with Crippen molar-refractivity contribution in [2.24, 2.45) is 0 Å². The average molecular weight is 215 g/mol. The van der Waals surface area contributed by atoms with Gasteiger partial charge >= 0.3 is 0 Å². The van der Waals surface area contributed by atoms with E-state index in [4.69, 9.17) is 4.42 Å². The molecule has 0 radical (unpaired) electrons. The van der Waals surface area contributed by atoms with Gasteiger partial charge in [0.15, 0.2) is 5.76 Å². The van der Waals surface area contributed by atoms with Crippen molar-refractivity contribution in [3.63, 3.8) is 0 Å². The smallest absolute Gasteiger partial charge is 0.293 e. The molecule has 1 amide bonds. The monoisotopic (exact) mass is 215 g/mol. The largest absolute Gasteiger partial charge is 0.459 e. The van der Waals surface area contributed by atoms with Gasteiger partial charge in [-0.1, -0.05) is 18.2 Å². The van der Waals surface area contributed by atoms with Crippen LogP contribution in [0.4, 0.5) is 5.69 Å². The van der Waals surface area contributed by atoms with Gasteiger partial charge in [0, 0.05) is 12.2 Å². The van der Waals surface area contributed by atoms with Crippen LogP contribution >= 0.6 is 0 Å². The molecule has 3 nitrogen and oxygen atoms in total. The summed E-state index contributed by atoms with van der Waals surface area (Å²) >= 11 is 0. The number of hydrogen-bond donors (Lipinski definition) is 0. The Hall–Kier alpha value is -2.03. The zero-order valence-electron chi connectivity index (χ0n) is 9.09. The molecule has 0 unspecified atom stereocenters. The molecule has 1 heterocycles. The van der Waals surface area contributed by atoms with Crippen LogP contribution in [0.1, 0.15) is 17.5 Å². The highest BCUT2D eigenvalue weighted by atomic mass is 16.3. The second kappa shape index (κ2) is 4.66. The summed E-state index contributed by atoms with van der Waals surface area (Å²) in [4.78, 5) is 13.7. The third-order valence-electron chi connectivity index (χ3n) is 2.36. The molecule has 0 saturated carbocycles. The first-order chi connectivity index (χ1) is 7.83. The summed E-state index contributed by atoms with van der Waals surface area (Å²) < 4.78 is 5.11. The highest BCUT2D eigenvalue weighted by Gasteiger charge is 2.17. The van der Waals surface area contributed by atoms with Crippen molar-refractivity contribution in [3.8, 4) is 0 Å². The summed E-state index contributed by atoms with van der Waals surface area (Å²) in [6, 6.07) is 12.9. The van der Waals surface area contributed by atoms with Crippen LogP contribution in [0.2, 0.25) is 0 Å². The Kier molecular flexibility index (Phi) is 3.05. The third-order valence-corrected chi connectivity index (χ3v) is 2.36. The SMILES string of the molecule is CCN(C(=O)c1ccco1)c1ccccc1. The number of amides is 1. The lowest BCUT2D eigenvalue weighted by Crippen LogP contribution is -2.30. The Morgan fingerprint density at radius 3 is 2.50 bits per heavy atom. The lowest BCUT2D eigenvalue weighted by molar-refractivity contribution is 0.0961. The van der Waals surface area contributed by atoms with Crippen LogP contribution < -0.4 is 4.90 Å². The van der Waals surface area contributed by atoms with Crippen molar-refractivity contribution >= 4 is 11.6 Å². The van der Waals surface area contributed by atoms with Gasteiger partial charge in [-0.3, -0.25) is 4.79 Å². The molecule has 0 atom stereocenters. The Bertz CT molecular complexity index is 448. The van der Waals surface area contributed by atoms with Crippen LogP contribution in [0.15, 0.2) is 53.1 Å². The van der Waals surface area contributed by atoms with Gasteiger partial charge in [0.1, 0.15) is 0 Å². The molecule has 0 fully saturated rings. The second-order valence-corrected chi connectivity index (χ2v) is 3.36. The minimum absolute atomic E-state index is 0.112. The van der Waals surface area contributed by atoms with E-state index in [-0.39, 0.29) is 5.91 Å². The fraction of sp³-hybridized carbons (Fsp3) is 0.154. The standard InChI is InChI=1S/C13H13NO2/c1-2-14(11-7-4-3-5-8-11)13(15)12-9-6-10-16-12/h3-10H,2H2,1H3. The Morgan fingerprint density at radius 2 is 1.94 bits per heavy atom. The highest BCUT2D eigenvalue weighted by molar-refractivity contribution is 6.04. The number of nitrogens with zero attached hydrogens (tertiary/aromatic N) is 1. The van der Waals surface area contributed by atoms with E-state index in [0.717, 1.165) is 5.69 Å². The van der Waals surface area contributed by atoms with Crippen molar-refractivity contribution in [2.45, 2.75) is 6.92 Å². The van der Waals surface area contributed by atoms with Gasteiger partial charge in [0.25, 0.3) is 5.91 Å². The normalized spacial score (nSPS) is 10.1. The summed E-state index contributed by atoms with van der Waals surface area (Å²) in [6.07, 6.45) is 1.51. The number of anilines is 1. The maximum absolute atomic E-state index is 12.1. The van der Waals surface area contributed by atoms with E-state index in [1.807, 2.05) is 37.3 Å². The van der Waals surface area contributed by atoms with E-state index in [1.165, 1.54) is 6.26 Å². The van der Waals surface area contributed by atoms with Crippen molar-refractivity contribution in [2.75, 3.05) is 11.4 Å². The van der Waals surface area contributed by atoms with Crippen LogP contribution in [-0.2, 0) is 0 Å². The van der Waals surface area contributed by atoms with Crippen LogP contribution in [0.3, 0.4) is 0 Å². The predicted octanol–water partition coefficient (Wildman–Crippen LogP) is 2.95. The van der Waals surface area contributed by atoms with Gasteiger partial charge < -0.3 is 9.32 Å². The molecule has 0 bridgehead atoms. The summed E-state index contributed by atoms with van der Waals surface area (Å²) in [7, 11) is 0. The molecule has 1 aromatic carbocycles. The number of benzene rings is 1. The number of furan rings is 1. The average Bonchev–Trinajstić information content (AvgIpc) is 2.85. The number of carbonyl (C=O) groups is 1. The maximum atomic E-state index is 12.1. The van der Waals surface area contributed by atoms with Gasteiger partial charge in [-0.15, -0.1) is 0 Å². The first kappa shape index (κ1) is 10.5. The molecule has 2 rings (SSSR count). The lowest BCUT2D eigenvalue weighted by Gasteiger charge is -2.19. The summed E-state index contributed by atoms with van der Waals surface area (Å²) in [6.45, 7) is 2.55. The first-order valence-electron chi connectivity index (χ1n) is 5.23. The number of para-hydroxylation sites is 1. The predicted molar refractivity (Wildman–Crippen MR) is 62.5 cm³/mol. The molecule has 16 heavy (non-hydrogen) atoms. The van der Waals surface area contributed by atoms with Crippen molar-refractivity contribution in [1.82, 2.24) is 0 Å². The summed E-state index contributed by atoms with van der Waals surface area (Å²) in [5.41, 5.74) is 0.881. The number of rotatable bonds is 3. The molecule has 0 spiro atoms. The van der Waals surface area contributed by atoms with Crippen LogP contribution in [0, 0.1) is 0 Å². The maximum Gasteiger partial charge on any atom is 0.293 e. The molecule has 2 aromatic rings. The second-order valence-electron chi connectivity index (χ2n) is 3.36. The van der Waals surface area contributed by atoms with E-state index in [2.05, 4.69) is 0 Å². The van der Waals surface area contributed by atoms with Crippen molar-refractivity contribution in [1.29, 1.82) is 0 Å². The molecule has 1 aromatic heterocycles. The zero-order chi connectivity index (χ0) is 11.4. The molecule has 0 aliphatic rings. The lowest BCUT2D eigenvalue weighted by atomic mass is 10.2. The van der Waals surface area contributed by atoms with Crippen LogP contribution in [0.5, 0.6) is 0 Å². The molecular formula is C13H13NO2. The molecule has 3 heteroatoms. The topological polar surface area (TPSA) is 33.5 Å². The van der Waals surface area contributed by atoms with Crippen molar-refractivity contribution in [3.05, 3.63) is 54.5 Å². The molecule has 82 valence electrons. The third kappa shape index (κ3) is 1.98. The molecular weight excluding hydrogens is 202 g/mol. The van der Waals surface area contributed by atoms with Gasteiger partial charge in [-0.05, 0) is 31.2 Å². The van der Waals surface area contributed by atoms with E-state index in [9.17, 15) is 4.79 Å². The highest BCUT2D eigenvalue weighted by Crippen LogP contribution is 2.16. The Morgan fingerprint density at radius 1 is 1.19 bits per heavy atom. The van der Waals surface area contributed by atoms with E-state index < -0.39 is 0 Å². The molecule has 0 aliphatic heterocycles. The fourth-order valence-corrected chi connectivity index (χ4v) is 1.58. The summed E-state index contributed by atoms with van der Waals surface area (Å²) in [5.74, 6) is 0.254. The van der Waals surface area contributed by atoms with Gasteiger partial charge in [-0.25, -0.2) is 0 Å². The van der Waals surface area contributed by atoms with E-state index in [0.29, 0.717) is 12.3 Å². The minimum atomic E-state index is -0.112. The quantitative estimate of drug-likeness (QED) is 0.788. The first-order valence-corrected chi connectivity index (χ1v) is 5.23. The minimum Gasteiger partial charge on any atom is -0.459 e. The van der Waals surface area contributed by atoms with Gasteiger partial charge in [0.2, 0.25) is 0 Å². The molecule has 0 saturated heterocycles. The Labute approximate surface area is 94.3 Å². The van der Waals surface area contributed by atoms with Crippen molar-refractivity contribution < 1.29 is 9.21 Å². The zero-order valence-corrected chi connectivity index (χ0v) is 9.09. The van der Waals surface area contributed by atoms with Crippen LogP contribution in [0.25, 0.3) is 0 Å². The fourth-order valence-electron chi connectivity index (χ4n) is 1.58. The summed E-state index contributed by atoms with van der Waals surface area (Å²) in [5, 5.41) is 0. The van der Waals surface area contributed by atoms with Gasteiger partial charge in [0.05, 0.1) is 6.26 Å². The number of carbonyl (C=O) groups excluding carboxylic acids is 1. The van der Waals surface area contributed by atoms with E-state index in [1.54, 1.807) is 17.0 Å². The van der Waals surface area contributed by atoms with Gasteiger partial charge in [-0.2, -0.15) is 0 Å². The molecule has 0 N–H and O–H groups in total. The number of hydrogen-bond acceptors (Lipinski definition) is 2. The molecule has 0 aliphatic carbocycles. The Balaban J connectivity index is 2.27. The van der Waals surface area contributed by atoms with E-state index >= 15 is 0 Å². The van der Waals surface area contributed by atoms with Crippen LogP contribution in [-0.4, -0.2) is 12.5 Å².